The van der Waals surface area contributed by atoms with Crippen LogP contribution in [0.25, 0.3) is 0 Å². The molecule has 2 amide bonds. The van der Waals surface area contributed by atoms with E-state index in [1.54, 1.807) is 24.0 Å². The number of carbonyl (C=O) groups excluding carboxylic acids is 2. The molecule has 2 aromatic rings. The second-order valence-electron chi connectivity index (χ2n) is 9.05. The van der Waals surface area contributed by atoms with Gasteiger partial charge in [-0.3, -0.25) is 13.9 Å². The summed E-state index contributed by atoms with van der Waals surface area (Å²) in [4.78, 5) is 27.5. The molecule has 0 aliphatic heterocycles. The summed E-state index contributed by atoms with van der Waals surface area (Å²) in [5.74, 6) is -0.0808. The molecule has 0 spiro atoms. The van der Waals surface area contributed by atoms with Crippen molar-refractivity contribution in [3.63, 3.8) is 0 Å². The second kappa shape index (κ2) is 12.6. The van der Waals surface area contributed by atoms with Gasteiger partial charge >= 0.3 is 0 Å². The van der Waals surface area contributed by atoms with Crippen molar-refractivity contribution in [3.8, 4) is 0 Å². The molecule has 1 N–H and O–H groups in total. The highest BCUT2D eigenvalue weighted by molar-refractivity contribution is 7.92. The molecule has 8 heteroatoms. The van der Waals surface area contributed by atoms with E-state index in [-0.39, 0.29) is 24.8 Å². The van der Waals surface area contributed by atoms with Crippen LogP contribution < -0.4 is 9.62 Å². The first-order valence-electron chi connectivity index (χ1n) is 11.6. The molecule has 2 rings (SSSR count). The van der Waals surface area contributed by atoms with Gasteiger partial charge in [-0.2, -0.15) is 0 Å². The molecule has 0 heterocycles. The van der Waals surface area contributed by atoms with Crippen LogP contribution >= 0.6 is 0 Å². The molecular formula is C26H37N3O4S. The lowest BCUT2D eigenvalue weighted by molar-refractivity contribution is -0.140. The molecule has 0 bridgehead atoms. The highest BCUT2D eigenvalue weighted by Gasteiger charge is 2.26. The van der Waals surface area contributed by atoms with Crippen LogP contribution in [-0.4, -0.2) is 50.5 Å². The lowest BCUT2D eigenvalue weighted by atomic mass is 10.1. The number of anilines is 1. The van der Waals surface area contributed by atoms with E-state index in [1.165, 1.54) is 10.6 Å². The quantitative estimate of drug-likeness (QED) is 0.494. The predicted octanol–water partition coefficient (Wildman–Crippen LogP) is 3.73. The fourth-order valence-electron chi connectivity index (χ4n) is 3.64. The van der Waals surface area contributed by atoms with E-state index in [1.807, 2.05) is 63.2 Å². The predicted molar refractivity (Wildman–Crippen MR) is 137 cm³/mol. The number of amides is 2. The van der Waals surface area contributed by atoms with Crippen LogP contribution in [0.1, 0.15) is 44.7 Å². The molecule has 0 aliphatic rings. The fraction of sp³-hybridized carbons (Fsp3) is 0.462. The number of rotatable bonds is 12. The average Bonchev–Trinajstić information content (AvgIpc) is 2.78. The van der Waals surface area contributed by atoms with Gasteiger partial charge in [0, 0.05) is 26.1 Å². The van der Waals surface area contributed by atoms with E-state index in [2.05, 4.69) is 5.32 Å². The fourth-order valence-corrected chi connectivity index (χ4v) is 4.66. The van der Waals surface area contributed by atoms with Crippen LogP contribution in [0.4, 0.5) is 5.69 Å². The van der Waals surface area contributed by atoms with Gasteiger partial charge in [-0.25, -0.2) is 8.42 Å². The molecule has 34 heavy (non-hydrogen) atoms. The first-order chi connectivity index (χ1) is 16.0. The number of benzene rings is 2. The number of carbonyl (C=O) groups is 2. The van der Waals surface area contributed by atoms with Crippen molar-refractivity contribution >= 4 is 27.5 Å². The largest absolute Gasteiger partial charge is 0.354 e. The Bertz CT molecular complexity index is 1050. The third-order valence-corrected chi connectivity index (χ3v) is 6.76. The van der Waals surface area contributed by atoms with Gasteiger partial charge < -0.3 is 10.2 Å². The molecule has 0 fully saturated rings. The van der Waals surface area contributed by atoms with E-state index < -0.39 is 16.1 Å². The highest BCUT2D eigenvalue weighted by atomic mass is 32.2. The Kier molecular flexibility index (Phi) is 10.1. The first-order valence-corrected chi connectivity index (χ1v) is 13.5. The molecule has 0 aliphatic carbocycles. The Morgan fingerprint density at radius 1 is 0.971 bits per heavy atom. The van der Waals surface area contributed by atoms with Crippen LogP contribution in [0.15, 0.2) is 54.6 Å². The summed E-state index contributed by atoms with van der Waals surface area (Å²) in [6.07, 6.45) is 1.64. The van der Waals surface area contributed by atoms with Crippen molar-refractivity contribution in [1.29, 1.82) is 0 Å². The minimum atomic E-state index is -3.51. The Hall–Kier alpha value is -2.87. The number of hydrogen-bond donors (Lipinski definition) is 1. The summed E-state index contributed by atoms with van der Waals surface area (Å²) in [5, 5.41) is 2.90. The summed E-state index contributed by atoms with van der Waals surface area (Å²) < 4.78 is 26.2. The maximum Gasteiger partial charge on any atom is 0.242 e. The lowest BCUT2D eigenvalue weighted by Gasteiger charge is -2.30. The second-order valence-corrected chi connectivity index (χ2v) is 11.0. The summed E-state index contributed by atoms with van der Waals surface area (Å²) in [5.41, 5.74) is 2.39. The number of aryl methyl sites for hydroxylation is 1. The van der Waals surface area contributed by atoms with Crippen LogP contribution in [0.5, 0.6) is 0 Å². The van der Waals surface area contributed by atoms with Crippen molar-refractivity contribution in [2.24, 2.45) is 5.92 Å². The number of para-hydroxylation sites is 1. The van der Waals surface area contributed by atoms with Gasteiger partial charge in [0.25, 0.3) is 0 Å². The van der Waals surface area contributed by atoms with Gasteiger partial charge in [0.1, 0.15) is 6.04 Å². The zero-order chi connectivity index (χ0) is 25.3. The number of nitrogens with one attached hydrogen (secondary N) is 1. The van der Waals surface area contributed by atoms with Gasteiger partial charge in [0.05, 0.1) is 11.9 Å². The monoisotopic (exact) mass is 487 g/mol. The maximum atomic E-state index is 13.2. The van der Waals surface area contributed by atoms with Gasteiger partial charge in [-0.05, 0) is 43.4 Å². The van der Waals surface area contributed by atoms with Gasteiger partial charge in [0.2, 0.25) is 21.8 Å². The standard InChI is InChI=1S/C26H37N3O4S/c1-20(2)18-27-26(31)22(4)28(19-23-13-7-6-8-14-23)25(30)16-11-17-29(34(5,32)33)24-15-10-9-12-21(24)3/h6-10,12-15,20,22H,11,16-19H2,1-5H3,(H,27,31)/t22-/m0/s1. The van der Waals surface area contributed by atoms with Gasteiger partial charge in [-0.15, -0.1) is 0 Å². The molecule has 7 nitrogen and oxygen atoms in total. The molecular weight excluding hydrogens is 450 g/mol. The Morgan fingerprint density at radius 3 is 2.18 bits per heavy atom. The molecule has 0 saturated heterocycles. The Balaban J connectivity index is 2.14. The van der Waals surface area contributed by atoms with Crippen LogP contribution in [0.3, 0.4) is 0 Å². The molecule has 186 valence electrons. The van der Waals surface area contributed by atoms with E-state index in [9.17, 15) is 18.0 Å². The van der Waals surface area contributed by atoms with E-state index >= 15 is 0 Å². The summed E-state index contributed by atoms with van der Waals surface area (Å²) in [7, 11) is -3.51. The van der Waals surface area contributed by atoms with Crippen molar-refractivity contribution in [3.05, 3.63) is 65.7 Å². The van der Waals surface area contributed by atoms with E-state index in [0.717, 1.165) is 11.1 Å². The third-order valence-electron chi connectivity index (χ3n) is 5.58. The van der Waals surface area contributed by atoms with Crippen LogP contribution in [0.2, 0.25) is 0 Å². The van der Waals surface area contributed by atoms with Crippen molar-refractivity contribution in [2.75, 3.05) is 23.7 Å². The number of hydrogen-bond acceptors (Lipinski definition) is 4. The molecule has 2 aromatic carbocycles. The molecule has 0 unspecified atom stereocenters. The summed E-state index contributed by atoms with van der Waals surface area (Å²) in [6.45, 7) is 8.65. The zero-order valence-electron chi connectivity index (χ0n) is 20.8. The Morgan fingerprint density at radius 2 is 1.59 bits per heavy atom. The average molecular weight is 488 g/mol. The minimum absolute atomic E-state index is 0.131. The Labute approximate surface area is 204 Å². The number of nitrogens with zero attached hydrogens (tertiary/aromatic N) is 2. The van der Waals surface area contributed by atoms with Crippen LogP contribution in [-0.2, 0) is 26.2 Å². The molecule has 0 radical (unpaired) electrons. The summed E-state index contributed by atoms with van der Waals surface area (Å²) >= 11 is 0. The van der Waals surface area contributed by atoms with Gasteiger partial charge in [-0.1, -0.05) is 62.4 Å². The normalized spacial score (nSPS) is 12.3. The summed E-state index contributed by atoms with van der Waals surface area (Å²) in [6, 6.07) is 16.2. The van der Waals surface area contributed by atoms with Gasteiger partial charge in [0.15, 0.2) is 0 Å². The minimum Gasteiger partial charge on any atom is -0.354 e. The smallest absolute Gasteiger partial charge is 0.242 e. The molecule has 1 atom stereocenters. The molecule has 0 aromatic heterocycles. The van der Waals surface area contributed by atoms with E-state index in [4.69, 9.17) is 0 Å². The first kappa shape index (κ1) is 27.4. The molecule has 0 saturated carbocycles. The van der Waals surface area contributed by atoms with Crippen molar-refractivity contribution in [1.82, 2.24) is 10.2 Å². The third kappa shape index (κ3) is 8.17. The lowest BCUT2D eigenvalue weighted by Crippen LogP contribution is -2.48. The number of sulfonamides is 1. The zero-order valence-corrected chi connectivity index (χ0v) is 21.6. The van der Waals surface area contributed by atoms with E-state index in [0.29, 0.717) is 31.1 Å². The van der Waals surface area contributed by atoms with Crippen LogP contribution in [0, 0.1) is 12.8 Å². The SMILES string of the molecule is Cc1ccccc1N(CCCC(=O)N(Cc1ccccc1)[C@@H](C)C(=O)NCC(C)C)S(C)(=O)=O. The highest BCUT2D eigenvalue weighted by Crippen LogP contribution is 2.23. The maximum absolute atomic E-state index is 13.2. The van der Waals surface area contributed by atoms with Crippen molar-refractivity contribution < 1.29 is 18.0 Å². The topological polar surface area (TPSA) is 86.8 Å². The van der Waals surface area contributed by atoms with Crippen molar-refractivity contribution in [2.45, 2.75) is 53.1 Å².